The molecule has 0 radical (unpaired) electrons. The highest BCUT2D eigenvalue weighted by Crippen LogP contribution is 2.36. The van der Waals surface area contributed by atoms with E-state index < -0.39 is 15.8 Å². The number of nitrogens with one attached hydrogen (secondary N) is 1. The molecule has 1 fully saturated rings. The summed E-state index contributed by atoms with van der Waals surface area (Å²) < 4.78 is 43.7. The second kappa shape index (κ2) is 8.19. The highest BCUT2D eigenvalue weighted by molar-refractivity contribution is 7.89. The van der Waals surface area contributed by atoms with Gasteiger partial charge in [0.2, 0.25) is 10.0 Å². The fraction of sp³-hybridized carbons (Fsp3) is 0.522. The highest BCUT2D eigenvalue weighted by atomic mass is 32.2. The Morgan fingerprint density at radius 1 is 1.22 bits per heavy atom. The summed E-state index contributed by atoms with van der Waals surface area (Å²) in [6.45, 7) is 7.81. The van der Waals surface area contributed by atoms with E-state index in [4.69, 9.17) is 0 Å². The molecule has 2 aliphatic heterocycles. The first kappa shape index (κ1) is 22.8. The number of nitrogens with zero attached hydrogens (tertiary/aromatic N) is 3. The zero-order valence-corrected chi connectivity index (χ0v) is 19.8. The number of imidazole rings is 1. The summed E-state index contributed by atoms with van der Waals surface area (Å²) in [5.74, 6) is 0.113. The molecule has 0 bridgehead atoms. The Hall–Kier alpha value is -2.39. The molecule has 0 spiro atoms. The Bertz CT molecular complexity index is 1190. The van der Waals surface area contributed by atoms with Crippen LogP contribution < -0.4 is 10.6 Å². The van der Waals surface area contributed by atoms with Gasteiger partial charge in [0, 0.05) is 26.7 Å². The van der Waals surface area contributed by atoms with Crippen molar-refractivity contribution >= 4 is 21.9 Å². The molecule has 2 aliphatic rings. The smallest absolute Gasteiger partial charge is 0.327 e. The normalized spacial score (nSPS) is 22.2. The minimum Gasteiger partial charge on any atom is -0.349 e. The van der Waals surface area contributed by atoms with Gasteiger partial charge in [-0.2, -0.15) is 4.31 Å². The molecule has 2 atom stereocenters. The number of fused-ring (bicyclic) bond motifs is 1. The molecule has 2 unspecified atom stereocenters. The number of halogens is 1. The lowest BCUT2D eigenvalue weighted by atomic mass is 9.86. The van der Waals surface area contributed by atoms with Crippen LogP contribution in [0, 0.1) is 17.2 Å². The third-order valence-corrected chi connectivity index (χ3v) is 8.10. The van der Waals surface area contributed by atoms with Gasteiger partial charge in [-0.3, -0.25) is 4.57 Å². The molecule has 2 aromatic rings. The fourth-order valence-corrected chi connectivity index (χ4v) is 6.40. The van der Waals surface area contributed by atoms with Crippen molar-refractivity contribution in [1.82, 2.24) is 13.9 Å². The summed E-state index contributed by atoms with van der Waals surface area (Å²) >= 11 is 0. The number of hydrogen-bond acceptors (Lipinski definition) is 4. The van der Waals surface area contributed by atoms with Crippen LogP contribution in [0.15, 0.2) is 40.0 Å². The van der Waals surface area contributed by atoms with Gasteiger partial charge in [-0.05, 0) is 42.4 Å². The quantitative estimate of drug-likeness (QED) is 0.757. The molecule has 1 aromatic heterocycles. The maximum Gasteiger partial charge on any atom is 0.327 e. The van der Waals surface area contributed by atoms with Crippen LogP contribution in [0.4, 0.5) is 10.2 Å². The number of aromatic amines is 1. The number of piperidine rings is 1. The van der Waals surface area contributed by atoms with Gasteiger partial charge in [0.25, 0.3) is 0 Å². The molecule has 4 rings (SSSR count). The van der Waals surface area contributed by atoms with E-state index in [1.165, 1.54) is 22.5 Å². The lowest BCUT2D eigenvalue weighted by Crippen LogP contribution is -2.51. The van der Waals surface area contributed by atoms with Gasteiger partial charge >= 0.3 is 5.69 Å². The number of H-pyrrole nitrogens is 1. The Morgan fingerprint density at radius 3 is 2.62 bits per heavy atom. The Kier molecular flexibility index (Phi) is 5.83. The monoisotopic (exact) mass is 462 g/mol. The first-order valence-electron chi connectivity index (χ1n) is 11.0. The predicted molar refractivity (Wildman–Crippen MR) is 124 cm³/mol. The van der Waals surface area contributed by atoms with Gasteiger partial charge in [0.1, 0.15) is 16.5 Å². The molecule has 1 aromatic carbocycles. The van der Waals surface area contributed by atoms with Gasteiger partial charge in [-0.15, -0.1) is 0 Å². The topological polar surface area (TPSA) is 78.4 Å². The Labute approximate surface area is 188 Å². The third-order valence-electron chi connectivity index (χ3n) is 6.20. The predicted octanol–water partition coefficient (Wildman–Crippen LogP) is 3.20. The molecular formula is C23H31FN4O3S. The molecule has 0 saturated carbocycles. The molecule has 7 nitrogen and oxygen atoms in total. The number of aromatic nitrogens is 2. The van der Waals surface area contributed by atoms with Gasteiger partial charge in [-0.25, -0.2) is 17.6 Å². The SMILES string of the molecule is Cn1c2c([nH]c1=O)C=CC(C1CCCN(S(=O)(=O)c3ccccc3F)C1)N2CC(C)(C)C. The maximum atomic E-state index is 14.3. The average Bonchev–Trinajstić information content (AvgIpc) is 3.01. The molecule has 0 amide bonds. The molecule has 32 heavy (non-hydrogen) atoms. The number of rotatable bonds is 4. The number of sulfonamides is 1. The third kappa shape index (κ3) is 4.15. The Balaban J connectivity index is 1.67. The molecule has 174 valence electrons. The number of anilines is 1. The second-order valence-electron chi connectivity index (χ2n) is 9.96. The van der Waals surface area contributed by atoms with Crippen LogP contribution in [0.3, 0.4) is 0 Å². The lowest BCUT2D eigenvalue weighted by molar-refractivity contribution is 0.239. The van der Waals surface area contributed by atoms with Gasteiger partial charge < -0.3 is 9.88 Å². The zero-order chi connectivity index (χ0) is 23.3. The zero-order valence-electron chi connectivity index (χ0n) is 19.0. The first-order chi connectivity index (χ1) is 15.0. The van der Waals surface area contributed by atoms with Crippen LogP contribution in [0.1, 0.15) is 39.3 Å². The summed E-state index contributed by atoms with van der Waals surface area (Å²) in [6.07, 6.45) is 5.54. The van der Waals surface area contributed by atoms with Crippen LogP contribution in [-0.2, 0) is 17.1 Å². The van der Waals surface area contributed by atoms with E-state index in [1.807, 2.05) is 6.08 Å². The van der Waals surface area contributed by atoms with E-state index >= 15 is 0 Å². The maximum absolute atomic E-state index is 14.3. The van der Waals surface area contributed by atoms with Crippen LogP contribution in [0.5, 0.6) is 0 Å². The highest BCUT2D eigenvalue weighted by Gasteiger charge is 2.39. The van der Waals surface area contributed by atoms with Crippen molar-refractivity contribution in [1.29, 1.82) is 0 Å². The number of hydrogen-bond donors (Lipinski definition) is 1. The summed E-state index contributed by atoms with van der Waals surface area (Å²) in [6, 6.07) is 5.46. The van der Waals surface area contributed by atoms with E-state index in [1.54, 1.807) is 17.7 Å². The molecule has 3 heterocycles. The summed E-state index contributed by atoms with van der Waals surface area (Å²) in [5.41, 5.74) is 0.554. The van der Waals surface area contributed by atoms with E-state index in [0.29, 0.717) is 26.1 Å². The van der Waals surface area contributed by atoms with Crippen molar-refractivity contribution < 1.29 is 12.8 Å². The minimum atomic E-state index is -3.93. The van der Waals surface area contributed by atoms with Crippen LogP contribution in [0.2, 0.25) is 0 Å². The second-order valence-corrected chi connectivity index (χ2v) is 11.9. The van der Waals surface area contributed by atoms with E-state index in [9.17, 15) is 17.6 Å². The minimum absolute atomic E-state index is 0.0158. The van der Waals surface area contributed by atoms with Crippen molar-refractivity contribution in [3.05, 3.63) is 52.3 Å². The Morgan fingerprint density at radius 2 is 1.94 bits per heavy atom. The summed E-state index contributed by atoms with van der Waals surface area (Å²) in [5, 5.41) is 0. The molecular weight excluding hydrogens is 431 g/mol. The lowest BCUT2D eigenvalue weighted by Gasteiger charge is -2.44. The molecule has 1 N–H and O–H groups in total. The van der Waals surface area contributed by atoms with Gasteiger partial charge in [0.05, 0.1) is 11.7 Å². The van der Waals surface area contributed by atoms with Gasteiger partial charge in [0.15, 0.2) is 0 Å². The van der Waals surface area contributed by atoms with Crippen LogP contribution in [0.25, 0.3) is 6.08 Å². The van der Waals surface area contributed by atoms with Crippen molar-refractivity contribution in [3.63, 3.8) is 0 Å². The fourth-order valence-electron chi connectivity index (χ4n) is 4.80. The molecule has 1 saturated heterocycles. The van der Waals surface area contributed by atoms with Crippen molar-refractivity contribution in [2.24, 2.45) is 18.4 Å². The van der Waals surface area contributed by atoms with Crippen molar-refractivity contribution in [2.45, 2.75) is 44.6 Å². The van der Waals surface area contributed by atoms with E-state index in [2.05, 4.69) is 36.7 Å². The van der Waals surface area contributed by atoms with Crippen LogP contribution in [-0.4, -0.2) is 48.0 Å². The van der Waals surface area contributed by atoms with Gasteiger partial charge in [-0.1, -0.05) is 39.0 Å². The van der Waals surface area contributed by atoms with Crippen molar-refractivity contribution in [3.8, 4) is 0 Å². The van der Waals surface area contributed by atoms with Crippen molar-refractivity contribution in [2.75, 3.05) is 24.5 Å². The van der Waals surface area contributed by atoms with Crippen LogP contribution >= 0.6 is 0 Å². The standard InChI is InChI=1S/C23H31FN4O3S/c1-23(2,3)15-28-19(12-11-18-21(28)26(4)22(29)25-18)16-8-7-13-27(14-16)32(30,31)20-10-6-5-9-17(20)24/h5-6,9-12,16,19H,7-8,13-15H2,1-4H3,(H,25,29). The molecule has 9 heteroatoms. The summed E-state index contributed by atoms with van der Waals surface area (Å²) in [7, 11) is -2.18. The van der Waals surface area contributed by atoms with E-state index in [0.717, 1.165) is 17.9 Å². The average molecular weight is 463 g/mol. The summed E-state index contributed by atoms with van der Waals surface area (Å²) in [4.78, 5) is 17.1. The number of benzene rings is 1. The van der Waals surface area contributed by atoms with E-state index in [-0.39, 0.29) is 28.0 Å². The molecule has 0 aliphatic carbocycles. The largest absolute Gasteiger partial charge is 0.349 e. The first-order valence-corrected chi connectivity index (χ1v) is 12.4.